The second kappa shape index (κ2) is 9.54. The van der Waals surface area contributed by atoms with Crippen molar-refractivity contribution in [2.45, 2.75) is 31.2 Å². The van der Waals surface area contributed by atoms with E-state index in [-0.39, 0.29) is 30.4 Å². The van der Waals surface area contributed by atoms with E-state index in [2.05, 4.69) is 31.9 Å². The molecule has 0 atom stereocenters. The normalized spacial score (nSPS) is 15.2. The molecular weight excluding hydrogens is 442 g/mol. The minimum atomic E-state index is -0.270. The fraction of sp³-hybridized carbons (Fsp3) is 0.333. The van der Waals surface area contributed by atoms with Crippen LogP contribution in [0.15, 0.2) is 53.0 Å². The molecule has 148 valence electrons. The Morgan fingerprint density at radius 1 is 0.964 bits per heavy atom. The van der Waals surface area contributed by atoms with Crippen molar-refractivity contribution in [3.63, 3.8) is 0 Å². The lowest BCUT2D eigenvalue weighted by Crippen LogP contribution is -2.46. The fourth-order valence-corrected chi connectivity index (χ4v) is 4.07. The highest BCUT2D eigenvalue weighted by Crippen LogP contribution is 2.38. The van der Waals surface area contributed by atoms with Gasteiger partial charge in [0.2, 0.25) is 11.8 Å². The Morgan fingerprint density at radius 3 is 2.32 bits per heavy atom. The van der Waals surface area contributed by atoms with Gasteiger partial charge in [-0.15, -0.1) is 0 Å². The molecule has 7 heteroatoms. The first kappa shape index (κ1) is 20.8. The zero-order chi connectivity index (χ0) is 20.0. The van der Waals surface area contributed by atoms with Crippen molar-refractivity contribution in [3.8, 4) is 0 Å². The summed E-state index contributed by atoms with van der Waals surface area (Å²) in [6.45, 7) is 0.0841. The Bertz CT molecular complexity index is 836. The van der Waals surface area contributed by atoms with E-state index in [1.54, 1.807) is 6.07 Å². The lowest BCUT2D eigenvalue weighted by Gasteiger charge is -2.31. The Balaban J connectivity index is 1.50. The number of para-hydroxylation sites is 1. The fourth-order valence-electron chi connectivity index (χ4n) is 3.56. The van der Waals surface area contributed by atoms with Crippen LogP contribution in [0.5, 0.6) is 0 Å². The van der Waals surface area contributed by atoms with Gasteiger partial charge in [-0.05, 0) is 58.6 Å². The molecule has 3 N–H and O–H groups in total. The Morgan fingerprint density at radius 2 is 1.64 bits per heavy atom. The molecule has 2 aromatic carbocycles. The van der Waals surface area contributed by atoms with Crippen LogP contribution < -0.4 is 16.0 Å². The van der Waals surface area contributed by atoms with E-state index in [0.717, 1.165) is 35.7 Å². The first-order valence-corrected chi connectivity index (χ1v) is 10.5. The molecule has 3 rings (SSSR count). The predicted octanol–water partition coefficient (Wildman–Crippen LogP) is 4.22. The zero-order valence-electron chi connectivity index (χ0n) is 15.4. The van der Waals surface area contributed by atoms with Gasteiger partial charge in [-0.25, -0.2) is 0 Å². The van der Waals surface area contributed by atoms with E-state index < -0.39 is 0 Å². The molecule has 0 bridgehead atoms. The molecule has 0 heterocycles. The molecule has 1 aliphatic rings. The summed E-state index contributed by atoms with van der Waals surface area (Å²) in [5.74, 6) is -0.476. The number of amides is 2. The number of benzene rings is 2. The lowest BCUT2D eigenvalue weighted by atomic mass is 9.88. The Hall–Kier alpha value is -1.89. The van der Waals surface area contributed by atoms with Crippen LogP contribution >= 0.6 is 27.5 Å². The predicted molar refractivity (Wildman–Crippen MR) is 115 cm³/mol. The maximum absolute atomic E-state index is 12.3. The van der Waals surface area contributed by atoms with Crippen LogP contribution in [-0.2, 0) is 15.1 Å². The van der Waals surface area contributed by atoms with E-state index in [1.165, 1.54) is 0 Å². The maximum Gasteiger partial charge on any atom is 0.243 e. The van der Waals surface area contributed by atoms with E-state index in [0.29, 0.717) is 10.7 Å². The van der Waals surface area contributed by atoms with Gasteiger partial charge in [0.15, 0.2) is 0 Å². The van der Waals surface area contributed by atoms with Crippen LogP contribution in [0.25, 0.3) is 0 Å². The maximum atomic E-state index is 12.3. The van der Waals surface area contributed by atoms with Crippen molar-refractivity contribution in [2.75, 3.05) is 18.4 Å². The monoisotopic (exact) mass is 463 g/mol. The summed E-state index contributed by atoms with van der Waals surface area (Å²) in [6.07, 6.45) is 4.19. The van der Waals surface area contributed by atoms with E-state index in [4.69, 9.17) is 11.6 Å². The number of carbonyl (C=O) groups excluding carboxylic acids is 2. The highest BCUT2D eigenvalue weighted by Gasteiger charge is 2.35. The number of hydrogen-bond donors (Lipinski definition) is 3. The molecule has 2 aromatic rings. The second-order valence-electron chi connectivity index (χ2n) is 6.95. The number of hydrogen-bond acceptors (Lipinski definition) is 3. The van der Waals surface area contributed by atoms with Gasteiger partial charge in [0, 0.05) is 15.0 Å². The Labute approximate surface area is 178 Å². The van der Waals surface area contributed by atoms with E-state index in [1.807, 2.05) is 42.5 Å². The summed E-state index contributed by atoms with van der Waals surface area (Å²) >= 11 is 9.38. The van der Waals surface area contributed by atoms with Gasteiger partial charge in [0.25, 0.3) is 0 Å². The third kappa shape index (κ3) is 5.34. The van der Waals surface area contributed by atoms with Crippen molar-refractivity contribution in [1.82, 2.24) is 10.6 Å². The topological polar surface area (TPSA) is 70.2 Å². The van der Waals surface area contributed by atoms with Crippen LogP contribution in [-0.4, -0.2) is 24.9 Å². The number of anilines is 1. The lowest BCUT2D eigenvalue weighted by molar-refractivity contribution is -0.123. The van der Waals surface area contributed by atoms with Gasteiger partial charge in [-0.2, -0.15) is 0 Å². The van der Waals surface area contributed by atoms with E-state index >= 15 is 0 Å². The van der Waals surface area contributed by atoms with Crippen LogP contribution in [0, 0.1) is 0 Å². The van der Waals surface area contributed by atoms with E-state index in [9.17, 15) is 9.59 Å². The Kier molecular flexibility index (Phi) is 7.10. The highest BCUT2D eigenvalue weighted by molar-refractivity contribution is 9.10. The first-order chi connectivity index (χ1) is 13.5. The van der Waals surface area contributed by atoms with Gasteiger partial charge < -0.3 is 10.6 Å². The van der Waals surface area contributed by atoms with Crippen LogP contribution in [0.3, 0.4) is 0 Å². The van der Waals surface area contributed by atoms with Crippen molar-refractivity contribution >= 4 is 45.0 Å². The average Bonchev–Trinajstić information content (AvgIpc) is 3.17. The third-order valence-corrected chi connectivity index (χ3v) is 5.98. The molecule has 1 aliphatic carbocycles. The second-order valence-corrected chi connectivity index (χ2v) is 8.25. The molecule has 0 aromatic heterocycles. The molecule has 5 nitrogen and oxygen atoms in total. The number of nitrogens with one attached hydrogen (secondary N) is 3. The molecule has 2 amide bonds. The summed E-state index contributed by atoms with van der Waals surface area (Å²) in [5, 5.41) is 9.56. The van der Waals surface area contributed by atoms with Crippen molar-refractivity contribution in [2.24, 2.45) is 0 Å². The summed E-state index contributed by atoms with van der Waals surface area (Å²) in [6, 6.07) is 15.1. The quantitative estimate of drug-likeness (QED) is 0.575. The van der Waals surface area contributed by atoms with Crippen LogP contribution in [0.2, 0.25) is 5.02 Å². The number of halogens is 2. The number of carbonyl (C=O) groups is 2. The molecule has 0 spiro atoms. The van der Waals surface area contributed by atoms with Gasteiger partial charge in [-0.3, -0.25) is 14.9 Å². The number of rotatable bonds is 7. The van der Waals surface area contributed by atoms with Crippen molar-refractivity contribution < 1.29 is 9.59 Å². The summed E-state index contributed by atoms with van der Waals surface area (Å²) < 4.78 is 0.794. The SMILES string of the molecule is O=C(CNC1(c2ccc(Cl)cc2)CCCC1)NCC(=O)Nc1ccccc1Br. The van der Waals surface area contributed by atoms with Crippen LogP contribution in [0.1, 0.15) is 31.2 Å². The minimum Gasteiger partial charge on any atom is -0.346 e. The summed E-state index contributed by atoms with van der Waals surface area (Å²) in [4.78, 5) is 24.3. The van der Waals surface area contributed by atoms with Gasteiger partial charge in [0.1, 0.15) is 0 Å². The largest absolute Gasteiger partial charge is 0.346 e. The zero-order valence-corrected chi connectivity index (χ0v) is 17.8. The van der Waals surface area contributed by atoms with Gasteiger partial charge in [0.05, 0.1) is 18.8 Å². The minimum absolute atomic E-state index is 0.0736. The van der Waals surface area contributed by atoms with Crippen molar-refractivity contribution in [1.29, 1.82) is 0 Å². The van der Waals surface area contributed by atoms with Crippen molar-refractivity contribution in [3.05, 3.63) is 63.6 Å². The smallest absolute Gasteiger partial charge is 0.243 e. The molecule has 0 saturated heterocycles. The molecule has 0 aliphatic heterocycles. The van der Waals surface area contributed by atoms with Crippen LogP contribution in [0.4, 0.5) is 5.69 Å². The molecule has 0 unspecified atom stereocenters. The summed E-state index contributed by atoms with van der Waals surface area (Å²) in [7, 11) is 0. The first-order valence-electron chi connectivity index (χ1n) is 9.31. The average molecular weight is 465 g/mol. The molecule has 0 radical (unpaired) electrons. The standard InChI is InChI=1S/C21H23BrClN3O2/c22-17-5-1-2-6-18(17)26-20(28)13-24-19(27)14-25-21(11-3-4-12-21)15-7-9-16(23)10-8-15/h1-2,5-10,25H,3-4,11-14H2,(H,24,27)(H,26,28). The highest BCUT2D eigenvalue weighted by atomic mass is 79.9. The molecular formula is C21H23BrClN3O2. The summed E-state index contributed by atoms with van der Waals surface area (Å²) in [5.41, 5.74) is 1.61. The molecule has 1 saturated carbocycles. The molecule has 1 fully saturated rings. The van der Waals surface area contributed by atoms with Gasteiger partial charge in [-0.1, -0.05) is 48.7 Å². The third-order valence-electron chi connectivity index (χ3n) is 5.04. The molecule has 28 heavy (non-hydrogen) atoms. The van der Waals surface area contributed by atoms with Gasteiger partial charge >= 0.3 is 0 Å².